The van der Waals surface area contributed by atoms with Gasteiger partial charge in [0, 0.05) is 25.0 Å². The molecule has 1 atom stereocenters. The number of pyridine rings is 1. The summed E-state index contributed by atoms with van der Waals surface area (Å²) in [5.74, 6) is -0.455. The maximum atomic E-state index is 13.1. The summed E-state index contributed by atoms with van der Waals surface area (Å²) in [6.45, 7) is 4.25. The molecule has 0 aromatic carbocycles. The summed E-state index contributed by atoms with van der Waals surface area (Å²) in [6, 6.07) is 0.898. The van der Waals surface area contributed by atoms with Crippen LogP contribution in [0, 0.1) is 0 Å². The number of H-pyrrole nitrogens is 1. The summed E-state index contributed by atoms with van der Waals surface area (Å²) in [4.78, 5) is 30.1. The number of hydrogen-bond acceptors (Lipinski definition) is 4. The molecule has 3 heterocycles. The van der Waals surface area contributed by atoms with Crippen molar-refractivity contribution in [2.75, 3.05) is 0 Å². The van der Waals surface area contributed by atoms with Crippen molar-refractivity contribution in [2.45, 2.75) is 32.6 Å². The molecule has 3 aromatic rings. The van der Waals surface area contributed by atoms with Crippen molar-refractivity contribution >= 4 is 17.0 Å². The highest BCUT2D eigenvalue weighted by Gasteiger charge is 2.35. The second-order valence-electron chi connectivity index (χ2n) is 5.67. The van der Waals surface area contributed by atoms with Gasteiger partial charge in [0.2, 0.25) is 5.71 Å². The van der Waals surface area contributed by atoms with Gasteiger partial charge in [-0.05, 0) is 19.9 Å². The van der Waals surface area contributed by atoms with E-state index in [9.17, 15) is 22.8 Å². The molecule has 0 radical (unpaired) electrons. The van der Waals surface area contributed by atoms with Gasteiger partial charge >= 0.3 is 6.18 Å². The minimum absolute atomic E-state index is 0.339. The minimum Gasteiger partial charge on any atom is -0.434 e. The summed E-state index contributed by atoms with van der Waals surface area (Å²) in [5.41, 5.74) is -2.53. The molecule has 10 heteroatoms. The average Bonchev–Trinajstić information content (AvgIpc) is 3.19. The van der Waals surface area contributed by atoms with Gasteiger partial charge < -0.3 is 14.3 Å². The molecule has 138 valence electrons. The van der Waals surface area contributed by atoms with Crippen molar-refractivity contribution in [3.8, 4) is 0 Å². The van der Waals surface area contributed by atoms with E-state index in [0.29, 0.717) is 18.4 Å². The third kappa shape index (κ3) is 3.22. The zero-order valence-electron chi connectivity index (χ0n) is 13.8. The van der Waals surface area contributed by atoms with Crippen molar-refractivity contribution < 1.29 is 22.4 Å². The third-order valence-corrected chi connectivity index (χ3v) is 3.89. The number of carbonyl (C=O) groups excluding carboxylic acids is 1. The van der Waals surface area contributed by atoms with Crippen molar-refractivity contribution in [3.05, 3.63) is 52.0 Å². The summed E-state index contributed by atoms with van der Waals surface area (Å²) in [5, 5.41) is 2.23. The van der Waals surface area contributed by atoms with E-state index in [0.717, 1.165) is 6.07 Å². The number of amides is 1. The molecule has 7 nitrogen and oxygen atoms in total. The number of carbonyl (C=O) groups is 1. The molecule has 0 aliphatic carbocycles. The first kappa shape index (κ1) is 17.8. The Morgan fingerprint density at radius 3 is 2.81 bits per heavy atom. The first-order valence-electron chi connectivity index (χ1n) is 7.76. The van der Waals surface area contributed by atoms with Crippen molar-refractivity contribution in [1.82, 2.24) is 19.9 Å². The monoisotopic (exact) mass is 368 g/mol. The summed E-state index contributed by atoms with van der Waals surface area (Å²) in [7, 11) is 0. The maximum absolute atomic E-state index is 13.1. The van der Waals surface area contributed by atoms with E-state index < -0.39 is 35.0 Å². The van der Waals surface area contributed by atoms with Gasteiger partial charge in [0.15, 0.2) is 5.76 Å². The molecular weight excluding hydrogens is 353 g/mol. The van der Waals surface area contributed by atoms with E-state index in [-0.39, 0.29) is 11.1 Å². The Hall–Kier alpha value is -3.04. The van der Waals surface area contributed by atoms with Crippen molar-refractivity contribution in [3.63, 3.8) is 0 Å². The van der Waals surface area contributed by atoms with Crippen LogP contribution in [0.2, 0.25) is 0 Å². The van der Waals surface area contributed by atoms with Crippen LogP contribution < -0.4 is 10.9 Å². The topological polar surface area (TPSA) is 92.9 Å². The Balaban J connectivity index is 1.93. The van der Waals surface area contributed by atoms with Crippen LogP contribution in [0.25, 0.3) is 11.1 Å². The van der Waals surface area contributed by atoms with Crippen molar-refractivity contribution in [1.29, 1.82) is 0 Å². The number of rotatable bonds is 4. The molecule has 26 heavy (non-hydrogen) atoms. The van der Waals surface area contributed by atoms with E-state index >= 15 is 0 Å². The van der Waals surface area contributed by atoms with Crippen molar-refractivity contribution in [2.24, 2.45) is 0 Å². The van der Waals surface area contributed by atoms with Gasteiger partial charge in [-0.2, -0.15) is 13.2 Å². The largest absolute Gasteiger partial charge is 0.434 e. The standard InChI is InChI=1S/C16H15F3N4O3/c1-3-23-5-4-20-13(23)8(2)21-14(25)11-6-9-10(16(17,18)19)7-12(24)22-15(9)26-11/h4-8H,3H2,1-2H3,(H,21,25)(H,22,24). The number of fused-ring (bicyclic) bond motifs is 1. The van der Waals surface area contributed by atoms with Gasteiger partial charge in [0.1, 0.15) is 5.82 Å². The van der Waals surface area contributed by atoms with E-state index in [1.807, 2.05) is 11.5 Å². The number of imidazole rings is 1. The SMILES string of the molecule is CCn1ccnc1C(C)NC(=O)c1cc2c(C(F)(F)F)cc(=O)[nH]c2o1. The minimum atomic E-state index is -4.75. The summed E-state index contributed by atoms with van der Waals surface area (Å²) >= 11 is 0. The van der Waals surface area contributed by atoms with Crippen LogP contribution in [0.3, 0.4) is 0 Å². The molecule has 0 aliphatic heterocycles. The highest BCUT2D eigenvalue weighted by Crippen LogP contribution is 2.34. The van der Waals surface area contributed by atoms with Crippen LogP contribution in [0.15, 0.2) is 33.7 Å². The van der Waals surface area contributed by atoms with Gasteiger partial charge in [-0.15, -0.1) is 0 Å². The van der Waals surface area contributed by atoms with Gasteiger partial charge in [0.25, 0.3) is 11.5 Å². The molecule has 3 rings (SSSR count). The van der Waals surface area contributed by atoms with Crippen LogP contribution in [-0.2, 0) is 12.7 Å². The highest BCUT2D eigenvalue weighted by atomic mass is 19.4. The smallest absolute Gasteiger partial charge is 0.417 e. The van der Waals surface area contributed by atoms with Gasteiger partial charge in [-0.1, -0.05) is 0 Å². The fourth-order valence-corrected chi connectivity index (χ4v) is 2.69. The fourth-order valence-electron chi connectivity index (χ4n) is 2.69. The molecule has 0 saturated heterocycles. The molecule has 2 N–H and O–H groups in total. The number of furan rings is 1. The lowest BCUT2D eigenvalue weighted by atomic mass is 10.1. The zero-order chi connectivity index (χ0) is 19.1. The third-order valence-electron chi connectivity index (χ3n) is 3.89. The average molecular weight is 368 g/mol. The fraction of sp³-hybridized carbons (Fsp3) is 0.312. The predicted octanol–water partition coefficient (Wildman–Crippen LogP) is 2.85. The molecule has 0 saturated carbocycles. The van der Waals surface area contributed by atoms with Gasteiger partial charge in [-0.3, -0.25) is 14.6 Å². The lowest BCUT2D eigenvalue weighted by molar-refractivity contribution is -0.136. The molecule has 1 amide bonds. The van der Waals surface area contributed by atoms with E-state index in [4.69, 9.17) is 4.42 Å². The number of nitrogens with one attached hydrogen (secondary N) is 2. The number of nitrogens with zero attached hydrogens (tertiary/aromatic N) is 2. The molecule has 1 unspecified atom stereocenters. The van der Waals surface area contributed by atoms with Gasteiger partial charge in [0.05, 0.1) is 17.0 Å². The Labute approximate surface area is 144 Å². The molecule has 3 aromatic heterocycles. The maximum Gasteiger partial charge on any atom is 0.417 e. The van der Waals surface area contributed by atoms with Crippen LogP contribution >= 0.6 is 0 Å². The Morgan fingerprint density at radius 1 is 1.42 bits per heavy atom. The van der Waals surface area contributed by atoms with Crippen LogP contribution in [0.5, 0.6) is 0 Å². The number of aromatic amines is 1. The quantitative estimate of drug-likeness (QED) is 0.741. The molecule has 0 fully saturated rings. The number of halogens is 3. The second-order valence-corrected chi connectivity index (χ2v) is 5.67. The van der Waals surface area contributed by atoms with E-state index in [2.05, 4.69) is 15.3 Å². The molecule has 0 bridgehead atoms. The number of aromatic nitrogens is 3. The first-order chi connectivity index (χ1) is 12.2. The number of hydrogen-bond donors (Lipinski definition) is 2. The number of aryl methyl sites for hydroxylation is 1. The Kier molecular flexibility index (Phi) is 4.34. The zero-order valence-corrected chi connectivity index (χ0v) is 13.8. The Morgan fingerprint density at radius 2 is 2.15 bits per heavy atom. The first-order valence-corrected chi connectivity index (χ1v) is 7.76. The lowest BCUT2D eigenvalue weighted by Gasteiger charge is -2.13. The van der Waals surface area contributed by atoms with Crippen LogP contribution in [0.1, 0.15) is 41.8 Å². The van der Waals surface area contributed by atoms with Crippen LogP contribution in [0.4, 0.5) is 13.2 Å². The van der Waals surface area contributed by atoms with E-state index in [1.54, 1.807) is 19.3 Å². The predicted molar refractivity (Wildman–Crippen MR) is 85.6 cm³/mol. The Bertz CT molecular complexity index is 1020. The van der Waals surface area contributed by atoms with Crippen LogP contribution in [-0.4, -0.2) is 20.4 Å². The summed E-state index contributed by atoms with van der Waals surface area (Å²) in [6.07, 6.45) is -1.41. The second kappa shape index (κ2) is 6.36. The molecule has 0 aliphatic rings. The number of alkyl halides is 3. The normalized spacial score (nSPS) is 13.1. The summed E-state index contributed by atoms with van der Waals surface area (Å²) < 4.78 is 46.2. The molecule has 0 spiro atoms. The van der Waals surface area contributed by atoms with Gasteiger partial charge in [-0.25, -0.2) is 4.98 Å². The van der Waals surface area contributed by atoms with E-state index in [1.165, 1.54) is 0 Å². The highest BCUT2D eigenvalue weighted by molar-refractivity contribution is 5.96. The molecular formula is C16H15F3N4O3. The lowest BCUT2D eigenvalue weighted by Crippen LogP contribution is -2.28.